The molecule has 0 radical (unpaired) electrons. The van der Waals surface area contributed by atoms with Crippen molar-refractivity contribution >= 4 is 0 Å². The maximum absolute atomic E-state index is 14.6. The SMILES string of the molecule is Cc1nnn(C23CC4CC(C2)CC(n2ccnc2-c2cccc(F)c2F)(C4)C3)n1. The predicted molar refractivity (Wildman–Crippen MR) is 101 cm³/mol. The highest BCUT2D eigenvalue weighted by molar-refractivity contribution is 5.57. The second-order valence-electron chi connectivity index (χ2n) is 9.26. The van der Waals surface area contributed by atoms with Gasteiger partial charge in [-0.05, 0) is 74.6 Å². The van der Waals surface area contributed by atoms with Crippen molar-refractivity contribution in [2.75, 3.05) is 0 Å². The Balaban J connectivity index is 1.49. The van der Waals surface area contributed by atoms with E-state index in [1.54, 1.807) is 12.3 Å². The van der Waals surface area contributed by atoms with Gasteiger partial charge in [0.25, 0.3) is 0 Å². The first-order valence-corrected chi connectivity index (χ1v) is 10.2. The standard InChI is InChI=1S/C21H22F2N6/c1-13-25-27-29(26-13)21-10-14-7-15(11-21)9-20(8-14,12-21)28-6-5-24-19(28)16-3-2-4-17(22)18(16)23/h2-6,14-15H,7-12H2,1H3. The maximum atomic E-state index is 14.6. The molecule has 0 saturated heterocycles. The number of hydrogen-bond donors (Lipinski definition) is 0. The summed E-state index contributed by atoms with van der Waals surface area (Å²) in [6.45, 7) is 1.86. The van der Waals surface area contributed by atoms with Crippen molar-refractivity contribution in [1.82, 2.24) is 29.8 Å². The second kappa shape index (κ2) is 5.70. The van der Waals surface area contributed by atoms with E-state index in [-0.39, 0.29) is 16.6 Å². The summed E-state index contributed by atoms with van der Waals surface area (Å²) in [5.41, 5.74) is -0.127. The maximum Gasteiger partial charge on any atom is 0.171 e. The second-order valence-corrected chi connectivity index (χ2v) is 9.26. The van der Waals surface area contributed by atoms with Crippen molar-refractivity contribution in [2.24, 2.45) is 11.8 Å². The monoisotopic (exact) mass is 396 g/mol. The number of nitrogens with zero attached hydrogens (tertiary/aromatic N) is 6. The third kappa shape index (κ3) is 2.37. The van der Waals surface area contributed by atoms with Crippen LogP contribution in [0.1, 0.15) is 44.3 Å². The number of benzene rings is 1. The fraction of sp³-hybridized carbons (Fsp3) is 0.524. The van der Waals surface area contributed by atoms with Gasteiger partial charge in [-0.3, -0.25) is 0 Å². The van der Waals surface area contributed by atoms with Crippen LogP contribution >= 0.6 is 0 Å². The Morgan fingerprint density at radius 2 is 1.83 bits per heavy atom. The van der Waals surface area contributed by atoms with E-state index in [1.165, 1.54) is 12.5 Å². The molecule has 0 N–H and O–H groups in total. The molecule has 0 spiro atoms. The van der Waals surface area contributed by atoms with Gasteiger partial charge in [0, 0.05) is 17.9 Å². The van der Waals surface area contributed by atoms with Gasteiger partial charge in [0.05, 0.1) is 11.1 Å². The van der Waals surface area contributed by atoms with Crippen molar-refractivity contribution in [3.8, 4) is 11.4 Å². The van der Waals surface area contributed by atoms with E-state index < -0.39 is 11.6 Å². The Bertz CT molecular complexity index is 1090. The molecule has 2 heterocycles. The van der Waals surface area contributed by atoms with Crippen LogP contribution in [0, 0.1) is 30.4 Å². The van der Waals surface area contributed by atoms with E-state index in [9.17, 15) is 8.78 Å². The molecule has 4 bridgehead atoms. The molecule has 2 unspecified atom stereocenters. The topological polar surface area (TPSA) is 61.4 Å². The third-order valence-electron chi connectivity index (χ3n) is 7.28. The molecule has 8 heteroatoms. The van der Waals surface area contributed by atoms with Gasteiger partial charge in [0.2, 0.25) is 0 Å². The number of aryl methyl sites for hydroxylation is 1. The smallest absolute Gasteiger partial charge is 0.171 e. The molecule has 4 saturated carbocycles. The Morgan fingerprint density at radius 3 is 2.55 bits per heavy atom. The first-order chi connectivity index (χ1) is 14.0. The van der Waals surface area contributed by atoms with Gasteiger partial charge in [-0.2, -0.15) is 4.80 Å². The number of hydrogen-bond acceptors (Lipinski definition) is 4. The molecule has 2 atom stereocenters. The first-order valence-electron chi connectivity index (χ1n) is 10.2. The van der Waals surface area contributed by atoms with Gasteiger partial charge in [-0.1, -0.05) is 6.07 Å². The quantitative estimate of drug-likeness (QED) is 0.675. The summed E-state index contributed by atoms with van der Waals surface area (Å²) in [4.78, 5) is 6.29. The summed E-state index contributed by atoms with van der Waals surface area (Å²) in [7, 11) is 0. The zero-order valence-corrected chi connectivity index (χ0v) is 16.2. The van der Waals surface area contributed by atoms with Crippen molar-refractivity contribution in [1.29, 1.82) is 0 Å². The van der Waals surface area contributed by atoms with Gasteiger partial charge >= 0.3 is 0 Å². The van der Waals surface area contributed by atoms with Crippen LogP contribution < -0.4 is 0 Å². The Kier molecular flexibility index (Phi) is 3.39. The molecule has 4 fully saturated rings. The minimum Gasteiger partial charge on any atom is -0.325 e. The Morgan fingerprint density at radius 1 is 1.07 bits per heavy atom. The minimum absolute atomic E-state index is 0.159. The molecular weight excluding hydrogens is 374 g/mol. The minimum atomic E-state index is -0.846. The normalized spacial score (nSPS) is 32.8. The predicted octanol–water partition coefficient (Wildman–Crippen LogP) is 3.83. The van der Waals surface area contributed by atoms with Crippen LogP contribution in [0.15, 0.2) is 30.6 Å². The molecule has 0 amide bonds. The molecule has 7 rings (SSSR count). The van der Waals surface area contributed by atoms with Gasteiger partial charge in [0.15, 0.2) is 17.5 Å². The fourth-order valence-electron chi connectivity index (χ4n) is 6.73. The summed E-state index contributed by atoms with van der Waals surface area (Å²) in [6.07, 6.45) is 9.87. The van der Waals surface area contributed by atoms with Crippen LogP contribution in [0.5, 0.6) is 0 Å². The zero-order valence-electron chi connectivity index (χ0n) is 16.2. The van der Waals surface area contributed by atoms with Crippen molar-refractivity contribution in [2.45, 2.75) is 56.5 Å². The highest BCUT2D eigenvalue weighted by Gasteiger charge is 2.60. The number of rotatable bonds is 3. The summed E-state index contributed by atoms with van der Waals surface area (Å²) < 4.78 is 30.6. The van der Waals surface area contributed by atoms with Gasteiger partial charge in [-0.25, -0.2) is 13.8 Å². The molecule has 150 valence electrons. The zero-order chi connectivity index (χ0) is 19.8. The molecular formula is C21H22F2N6. The van der Waals surface area contributed by atoms with Gasteiger partial charge < -0.3 is 4.57 Å². The average Bonchev–Trinajstić information content (AvgIpc) is 3.33. The Hall–Kier alpha value is -2.64. The van der Waals surface area contributed by atoms with E-state index >= 15 is 0 Å². The first kappa shape index (κ1) is 17.2. The van der Waals surface area contributed by atoms with E-state index in [1.807, 2.05) is 17.9 Å². The van der Waals surface area contributed by atoms with Crippen LogP contribution in [-0.4, -0.2) is 29.8 Å². The summed E-state index contributed by atoms with van der Waals surface area (Å²) in [5, 5.41) is 13.1. The van der Waals surface area contributed by atoms with Gasteiger partial charge in [0.1, 0.15) is 5.82 Å². The van der Waals surface area contributed by atoms with Crippen molar-refractivity contribution < 1.29 is 8.78 Å². The van der Waals surface area contributed by atoms with E-state index in [0.29, 0.717) is 23.5 Å². The molecule has 29 heavy (non-hydrogen) atoms. The molecule has 1 aromatic carbocycles. The Labute approximate surface area is 166 Å². The summed E-state index contributed by atoms with van der Waals surface area (Å²) in [5.74, 6) is 0.626. The van der Waals surface area contributed by atoms with Crippen LogP contribution in [0.3, 0.4) is 0 Å². The lowest BCUT2D eigenvalue weighted by Crippen LogP contribution is -2.60. The largest absolute Gasteiger partial charge is 0.325 e. The van der Waals surface area contributed by atoms with Crippen LogP contribution in [0.25, 0.3) is 11.4 Å². The highest BCUT2D eigenvalue weighted by Crippen LogP contribution is 2.63. The third-order valence-corrected chi connectivity index (χ3v) is 7.28. The van der Waals surface area contributed by atoms with E-state index in [2.05, 4.69) is 25.0 Å². The molecule has 3 aromatic rings. The number of tetrazole rings is 1. The molecule has 4 aliphatic carbocycles. The van der Waals surface area contributed by atoms with Crippen LogP contribution in [0.4, 0.5) is 8.78 Å². The lowest BCUT2D eigenvalue weighted by atomic mass is 9.50. The molecule has 0 aliphatic heterocycles. The lowest BCUT2D eigenvalue weighted by molar-refractivity contribution is -0.103. The summed E-state index contributed by atoms with van der Waals surface area (Å²) >= 11 is 0. The van der Waals surface area contributed by atoms with Gasteiger partial charge in [-0.15, -0.1) is 10.2 Å². The van der Waals surface area contributed by atoms with Crippen molar-refractivity contribution in [3.05, 3.63) is 48.1 Å². The number of aromatic nitrogens is 6. The van der Waals surface area contributed by atoms with Crippen LogP contribution in [0.2, 0.25) is 0 Å². The number of halogens is 2. The van der Waals surface area contributed by atoms with Crippen molar-refractivity contribution in [3.63, 3.8) is 0 Å². The highest BCUT2D eigenvalue weighted by atomic mass is 19.2. The van der Waals surface area contributed by atoms with E-state index in [0.717, 1.165) is 38.2 Å². The van der Waals surface area contributed by atoms with Crippen LogP contribution in [-0.2, 0) is 11.1 Å². The molecule has 4 aliphatic rings. The summed E-state index contributed by atoms with van der Waals surface area (Å²) in [6, 6.07) is 4.29. The van der Waals surface area contributed by atoms with E-state index in [4.69, 9.17) is 0 Å². The molecule has 6 nitrogen and oxygen atoms in total. The fourth-order valence-corrected chi connectivity index (χ4v) is 6.73. The lowest BCUT2D eigenvalue weighted by Gasteiger charge is -2.61. The average molecular weight is 396 g/mol. The number of imidazole rings is 1. The molecule has 2 aromatic heterocycles.